The first-order valence-electron chi connectivity index (χ1n) is 7.91. The fourth-order valence-electron chi connectivity index (χ4n) is 2.79. The van der Waals surface area contributed by atoms with Crippen LogP contribution in [0.5, 0.6) is 5.75 Å². The predicted octanol–water partition coefficient (Wildman–Crippen LogP) is 2.52. The number of β-amino-alcohol motifs (C(OH)–C–C–N with tert-alkyl or cyclic N) is 1. The van der Waals surface area contributed by atoms with E-state index in [0.29, 0.717) is 13.2 Å². The molecule has 0 radical (unpaired) electrons. The van der Waals surface area contributed by atoms with E-state index in [2.05, 4.69) is 29.7 Å². The molecule has 6 heteroatoms. The third-order valence-electron chi connectivity index (χ3n) is 4.14. The Labute approximate surface area is 152 Å². The maximum atomic E-state index is 10.2. The number of piperazine rings is 1. The highest BCUT2D eigenvalue weighted by molar-refractivity contribution is 5.85. The Hall–Kier alpha value is -0.520. The van der Waals surface area contributed by atoms with Crippen molar-refractivity contribution >= 4 is 24.8 Å². The lowest BCUT2D eigenvalue weighted by atomic mass is 10.1. The summed E-state index contributed by atoms with van der Waals surface area (Å²) in [5.74, 6) is 0.871. The summed E-state index contributed by atoms with van der Waals surface area (Å²) in [5, 5.41) is 10.2. The summed E-state index contributed by atoms with van der Waals surface area (Å²) >= 11 is 0. The van der Waals surface area contributed by atoms with E-state index in [4.69, 9.17) is 4.74 Å². The lowest BCUT2D eigenvalue weighted by Crippen LogP contribution is -2.49. The van der Waals surface area contributed by atoms with Crippen molar-refractivity contribution in [3.63, 3.8) is 0 Å². The summed E-state index contributed by atoms with van der Waals surface area (Å²) < 4.78 is 5.75. The van der Waals surface area contributed by atoms with Gasteiger partial charge < -0.3 is 14.7 Å². The second-order valence-electron chi connectivity index (χ2n) is 5.97. The average molecular weight is 365 g/mol. The van der Waals surface area contributed by atoms with Crippen LogP contribution >= 0.6 is 24.8 Å². The number of aliphatic hydroxyl groups excluding tert-OH is 1. The number of halogens is 2. The van der Waals surface area contributed by atoms with Crippen molar-refractivity contribution in [3.8, 4) is 5.75 Å². The highest BCUT2D eigenvalue weighted by atomic mass is 35.5. The number of rotatable bonds is 6. The summed E-state index contributed by atoms with van der Waals surface area (Å²) in [5.41, 5.74) is 2.35. The van der Waals surface area contributed by atoms with E-state index >= 15 is 0 Å². The molecule has 134 valence electrons. The van der Waals surface area contributed by atoms with Gasteiger partial charge in [0.25, 0.3) is 0 Å². The molecule has 0 aliphatic carbocycles. The van der Waals surface area contributed by atoms with Gasteiger partial charge in [-0.25, -0.2) is 0 Å². The molecule has 1 heterocycles. The second kappa shape index (κ2) is 11.1. The summed E-state index contributed by atoms with van der Waals surface area (Å²) in [6, 6.07) is 6.13. The van der Waals surface area contributed by atoms with E-state index in [1.807, 2.05) is 19.1 Å². The number of ether oxygens (including phenoxy) is 1. The van der Waals surface area contributed by atoms with Crippen molar-refractivity contribution in [2.45, 2.75) is 26.9 Å². The second-order valence-corrected chi connectivity index (χ2v) is 5.97. The monoisotopic (exact) mass is 364 g/mol. The lowest BCUT2D eigenvalue weighted by molar-refractivity contribution is 0.0469. The van der Waals surface area contributed by atoms with Gasteiger partial charge in [-0.1, -0.05) is 24.6 Å². The normalized spacial score (nSPS) is 17.0. The number of aliphatic hydroxyl groups is 1. The SMILES string of the molecule is CCN1CCN(CC(O)COc2ccc(C)cc2C)CC1.Cl.Cl. The third kappa shape index (κ3) is 7.27. The molecule has 0 saturated carbocycles. The number of hydrogen-bond donors (Lipinski definition) is 1. The van der Waals surface area contributed by atoms with Gasteiger partial charge in [-0.05, 0) is 32.0 Å². The first kappa shape index (κ1) is 22.5. The molecule has 4 nitrogen and oxygen atoms in total. The van der Waals surface area contributed by atoms with Crippen LogP contribution in [0.2, 0.25) is 0 Å². The molecule has 1 unspecified atom stereocenters. The van der Waals surface area contributed by atoms with E-state index in [0.717, 1.165) is 44.0 Å². The minimum Gasteiger partial charge on any atom is -0.491 e. The van der Waals surface area contributed by atoms with E-state index in [1.165, 1.54) is 5.56 Å². The molecule has 1 aromatic carbocycles. The fourth-order valence-corrected chi connectivity index (χ4v) is 2.79. The van der Waals surface area contributed by atoms with Gasteiger partial charge in [0.05, 0.1) is 0 Å². The molecule has 1 aliphatic heterocycles. The Kier molecular flexibility index (Phi) is 10.9. The van der Waals surface area contributed by atoms with Crippen molar-refractivity contribution < 1.29 is 9.84 Å². The van der Waals surface area contributed by atoms with Crippen LogP contribution in [0, 0.1) is 13.8 Å². The summed E-state index contributed by atoms with van der Waals surface area (Å²) in [6.07, 6.45) is -0.432. The van der Waals surface area contributed by atoms with Crippen LogP contribution in [0.4, 0.5) is 0 Å². The Morgan fingerprint density at radius 1 is 1.09 bits per heavy atom. The molecule has 2 rings (SSSR count). The first-order valence-corrected chi connectivity index (χ1v) is 7.91. The van der Waals surface area contributed by atoms with Gasteiger partial charge in [-0.15, -0.1) is 24.8 Å². The minimum atomic E-state index is -0.432. The molecule has 1 aromatic rings. The molecule has 0 bridgehead atoms. The maximum absolute atomic E-state index is 10.2. The minimum absolute atomic E-state index is 0. The smallest absolute Gasteiger partial charge is 0.122 e. The predicted molar refractivity (Wildman–Crippen MR) is 100 cm³/mol. The first-order chi connectivity index (χ1) is 10.1. The largest absolute Gasteiger partial charge is 0.491 e. The van der Waals surface area contributed by atoms with E-state index < -0.39 is 6.10 Å². The Morgan fingerprint density at radius 2 is 1.70 bits per heavy atom. The van der Waals surface area contributed by atoms with Gasteiger partial charge >= 0.3 is 0 Å². The zero-order chi connectivity index (χ0) is 15.2. The maximum Gasteiger partial charge on any atom is 0.122 e. The number of aryl methyl sites for hydroxylation is 2. The molecular weight excluding hydrogens is 335 g/mol. The van der Waals surface area contributed by atoms with E-state index in [-0.39, 0.29) is 24.8 Å². The van der Waals surface area contributed by atoms with Gasteiger partial charge in [-0.2, -0.15) is 0 Å². The van der Waals surface area contributed by atoms with Crippen molar-refractivity contribution in [3.05, 3.63) is 29.3 Å². The number of benzene rings is 1. The van der Waals surface area contributed by atoms with Gasteiger partial charge in [0.1, 0.15) is 18.5 Å². The van der Waals surface area contributed by atoms with Gasteiger partial charge in [0, 0.05) is 32.7 Å². The number of hydrogen-bond acceptors (Lipinski definition) is 4. The summed E-state index contributed by atoms with van der Waals surface area (Å²) in [6.45, 7) is 12.8. The van der Waals surface area contributed by atoms with Gasteiger partial charge in [0.15, 0.2) is 0 Å². The Bertz CT molecular complexity index is 452. The summed E-state index contributed by atoms with van der Waals surface area (Å²) in [4.78, 5) is 4.76. The summed E-state index contributed by atoms with van der Waals surface area (Å²) in [7, 11) is 0. The molecule has 0 spiro atoms. The third-order valence-corrected chi connectivity index (χ3v) is 4.14. The van der Waals surface area contributed by atoms with E-state index in [9.17, 15) is 5.11 Å². The molecule has 1 atom stereocenters. The molecule has 1 N–H and O–H groups in total. The van der Waals surface area contributed by atoms with Gasteiger partial charge in [-0.3, -0.25) is 4.90 Å². The van der Waals surface area contributed by atoms with Crippen molar-refractivity contribution in [2.75, 3.05) is 45.9 Å². The quantitative estimate of drug-likeness (QED) is 0.841. The van der Waals surface area contributed by atoms with E-state index in [1.54, 1.807) is 0 Å². The number of nitrogens with zero attached hydrogens (tertiary/aromatic N) is 2. The molecule has 23 heavy (non-hydrogen) atoms. The molecule has 0 amide bonds. The van der Waals surface area contributed by atoms with Crippen LogP contribution in [0.25, 0.3) is 0 Å². The molecule has 0 aromatic heterocycles. The van der Waals surface area contributed by atoms with Crippen LogP contribution in [-0.4, -0.2) is 66.9 Å². The highest BCUT2D eigenvalue weighted by Gasteiger charge is 2.18. The van der Waals surface area contributed by atoms with Crippen LogP contribution < -0.4 is 4.74 Å². The Balaban J connectivity index is 0.00000242. The van der Waals surface area contributed by atoms with Crippen molar-refractivity contribution in [1.82, 2.24) is 9.80 Å². The topological polar surface area (TPSA) is 35.9 Å². The van der Waals surface area contributed by atoms with Crippen molar-refractivity contribution in [2.24, 2.45) is 0 Å². The zero-order valence-electron chi connectivity index (χ0n) is 14.3. The lowest BCUT2D eigenvalue weighted by Gasteiger charge is -2.34. The fraction of sp³-hybridized carbons (Fsp3) is 0.647. The zero-order valence-corrected chi connectivity index (χ0v) is 16.0. The molecule has 1 saturated heterocycles. The Morgan fingerprint density at radius 3 is 2.26 bits per heavy atom. The number of likely N-dealkylation sites (N-methyl/N-ethyl adjacent to an activating group) is 1. The molecule has 1 fully saturated rings. The molecular formula is C17H30Cl2N2O2. The molecule has 1 aliphatic rings. The van der Waals surface area contributed by atoms with Crippen LogP contribution in [0.1, 0.15) is 18.1 Å². The van der Waals surface area contributed by atoms with Crippen LogP contribution in [0.3, 0.4) is 0 Å². The average Bonchev–Trinajstić information content (AvgIpc) is 2.47. The van der Waals surface area contributed by atoms with Crippen molar-refractivity contribution in [1.29, 1.82) is 0 Å². The van der Waals surface area contributed by atoms with Crippen LogP contribution in [0.15, 0.2) is 18.2 Å². The standard InChI is InChI=1S/C17H28N2O2.2ClH/c1-4-18-7-9-19(10-8-18)12-16(20)13-21-17-6-5-14(2)11-15(17)3;;/h5-6,11,16,20H,4,7-10,12-13H2,1-3H3;2*1H. The van der Waals surface area contributed by atoms with Crippen LogP contribution in [-0.2, 0) is 0 Å². The van der Waals surface area contributed by atoms with Gasteiger partial charge in [0.2, 0.25) is 0 Å². The highest BCUT2D eigenvalue weighted by Crippen LogP contribution is 2.18.